The van der Waals surface area contributed by atoms with Crippen LogP contribution in [0.15, 0.2) is 36.9 Å². The number of anilines is 1. The molecule has 0 aliphatic heterocycles. The zero-order valence-electron chi connectivity index (χ0n) is 8.46. The van der Waals surface area contributed by atoms with Gasteiger partial charge in [-0.1, -0.05) is 0 Å². The molecule has 2 heterocycles. The van der Waals surface area contributed by atoms with E-state index in [1.165, 1.54) is 6.20 Å². The third-order valence-corrected chi connectivity index (χ3v) is 2.01. The lowest BCUT2D eigenvalue weighted by atomic mass is 10.2. The summed E-state index contributed by atoms with van der Waals surface area (Å²) in [6.07, 6.45) is 6.49. The van der Waals surface area contributed by atoms with E-state index in [1.807, 2.05) is 18.2 Å². The van der Waals surface area contributed by atoms with E-state index in [0.717, 1.165) is 5.56 Å². The quantitative estimate of drug-likeness (QED) is 0.829. The zero-order valence-corrected chi connectivity index (χ0v) is 8.46. The molecule has 0 aromatic carbocycles. The van der Waals surface area contributed by atoms with Gasteiger partial charge in [0.1, 0.15) is 6.07 Å². The number of nitriles is 1. The third-order valence-electron chi connectivity index (χ3n) is 2.01. The fourth-order valence-electron chi connectivity index (χ4n) is 1.24. The second-order valence-electron chi connectivity index (χ2n) is 3.07. The number of aromatic nitrogens is 3. The van der Waals surface area contributed by atoms with E-state index >= 15 is 0 Å². The largest absolute Gasteiger partial charge is 0.364 e. The molecule has 2 rings (SSSR count). The SMILES string of the molecule is N#Cc1nccnc1NCc1ccncc1. The van der Waals surface area contributed by atoms with Crippen LogP contribution < -0.4 is 5.32 Å². The first-order valence-electron chi connectivity index (χ1n) is 4.74. The van der Waals surface area contributed by atoms with E-state index in [1.54, 1.807) is 18.6 Å². The molecule has 0 saturated carbocycles. The lowest BCUT2D eigenvalue weighted by Crippen LogP contribution is -2.04. The maximum absolute atomic E-state index is 8.81. The lowest BCUT2D eigenvalue weighted by Gasteiger charge is -2.05. The summed E-state index contributed by atoms with van der Waals surface area (Å²) < 4.78 is 0. The molecule has 2 aromatic rings. The first kappa shape index (κ1) is 10.1. The van der Waals surface area contributed by atoms with Crippen molar-refractivity contribution in [2.24, 2.45) is 0 Å². The smallest absolute Gasteiger partial charge is 0.182 e. The van der Waals surface area contributed by atoms with Crippen LogP contribution >= 0.6 is 0 Å². The summed E-state index contributed by atoms with van der Waals surface area (Å²) in [5.41, 5.74) is 1.38. The summed E-state index contributed by atoms with van der Waals surface area (Å²) in [5.74, 6) is 0.502. The minimum absolute atomic E-state index is 0.302. The standard InChI is InChI=1S/C11H9N5/c12-7-10-11(15-6-5-14-10)16-8-9-1-3-13-4-2-9/h1-6H,8H2,(H,15,16). The summed E-state index contributed by atoms with van der Waals surface area (Å²) in [4.78, 5) is 11.9. The first-order valence-corrected chi connectivity index (χ1v) is 4.74. The van der Waals surface area contributed by atoms with Crippen molar-refractivity contribution in [3.8, 4) is 6.07 Å². The number of rotatable bonds is 3. The van der Waals surface area contributed by atoms with Crippen molar-refractivity contribution in [2.45, 2.75) is 6.54 Å². The van der Waals surface area contributed by atoms with Gasteiger partial charge in [-0.15, -0.1) is 0 Å². The Bertz CT molecular complexity index is 503. The highest BCUT2D eigenvalue weighted by atomic mass is 15.0. The van der Waals surface area contributed by atoms with Crippen LogP contribution in [0.5, 0.6) is 0 Å². The molecule has 0 aliphatic carbocycles. The van der Waals surface area contributed by atoms with Gasteiger partial charge < -0.3 is 5.32 Å². The second-order valence-corrected chi connectivity index (χ2v) is 3.07. The van der Waals surface area contributed by atoms with Crippen LogP contribution in [0.2, 0.25) is 0 Å². The van der Waals surface area contributed by atoms with E-state index in [0.29, 0.717) is 18.1 Å². The Hall–Kier alpha value is -2.48. The van der Waals surface area contributed by atoms with Gasteiger partial charge in [0, 0.05) is 31.3 Å². The molecular formula is C11H9N5. The van der Waals surface area contributed by atoms with Gasteiger partial charge in [0.05, 0.1) is 0 Å². The van der Waals surface area contributed by atoms with Crippen molar-refractivity contribution in [1.82, 2.24) is 15.0 Å². The van der Waals surface area contributed by atoms with Gasteiger partial charge >= 0.3 is 0 Å². The molecule has 0 atom stereocenters. The highest BCUT2D eigenvalue weighted by Crippen LogP contribution is 2.08. The summed E-state index contributed by atoms with van der Waals surface area (Å²) in [6.45, 7) is 0.593. The van der Waals surface area contributed by atoms with Gasteiger partial charge in [-0.05, 0) is 17.7 Å². The molecule has 1 N–H and O–H groups in total. The van der Waals surface area contributed by atoms with Crippen molar-refractivity contribution in [3.05, 3.63) is 48.2 Å². The molecule has 0 fully saturated rings. The normalized spacial score (nSPS) is 9.44. The van der Waals surface area contributed by atoms with Gasteiger partial charge in [-0.3, -0.25) is 4.98 Å². The molecule has 5 nitrogen and oxygen atoms in total. The van der Waals surface area contributed by atoms with Crippen molar-refractivity contribution < 1.29 is 0 Å². The van der Waals surface area contributed by atoms with Gasteiger partial charge in [0.25, 0.3) is 0 Å². The molecule has 0 aliphatic rings. The molecule has 2 aromatic heterocycles. The molecule has 78 valence electrons. The summed E-state index contributed by atoms with van der Waals surface area (Å²) >= 11 is 0. The first-order chi connectivity index (χ1) is 7.90. The van der Waals surface area contributed by atoms with Crippen LogP contribution in [-0.2, 0) is 6.54 Å². The van der Waals surface area contributed by atoms with Crippen LogP contribution in [0.3, 0.4) is 0 Å². The maximum Gasteiger partial charge on any atom is 0.182 e. The van der Waals surface area contributed by atoms with Crippen molar-refractivity contribution >= 4 is 5.82 Å². The fourth-order valence-corrected chi connectivity index (χ4v) is 1.24. The molecule has 0 saturated heterocycles. The highest BCUT2D eigenvalue weighted by Gasteiger charge is 2.02. The van der Waals surface area contributed by atoms with Gasteiger partial charge in [-0.2, -0.15) is 5.26 Å². The predicted molar refractivity (Wildman–Crippen MR) is 58.3 cm³/mol. The molecule has 0 amide bonds. The summed E-state index contributed by atoms with van der Waals surface area (Å²) in [6, 6.07) is 5.78. The monoisotopic (exact) mass is 211 g/mol. The summed E-state index contributed by atoms with van der Waals surface area (Å²) in [7, 11) is 0. The molecule has 16 heavy (non-hydrogen) atoms. The average Bonchev–Trinajstić information content (AvgIpc) is 2.38. The minimum atomic E-state index is 0.302. The van der Waals surface area contributed by atoms with E-state index in [2.05, 4.69) is 20.3 Å². The molecule has 0 unspecified atom stereocenters. The van der Waals surface area contributed by atoms with Crippen molar-refractivity contribution in [3.63, 3.8) is 0 Å². The van der Waals surface area contributed by atoms with Crippen LogP contribution in [0.4, 0.5) is 5.82 Å². The Labute approximate surface area is 92.8 Å². The third kappa shape index (κ3) is 2.30. The van der Waals surface area contributed by atoms with Gasteiger partial charge in [0.15, 0.2) is 11.5 Å². The maximum atomic E-state index is 8.81. The molecular weight excluding hydrogens is 202 g/mol. The number of hydrogen-bond donors (Lipinski definition) is 1. The van der Waals surface area contributed by atoms with E-state index in [-0.39, 0.29) is 0 Å². The Kier molecular flexibility index (Phi) is 3.04. The van der Waals surface area contributed by atoms with Gasteiger partial charge in [-0.25, -0.2) is 9.97 Å². The minimum Gasteiger partial charge on any atom is -0.364 e. The topological polar surface area (TPSA) is 74.5 Å². The lowest BCUT2D eigenvalue weighted by molar-refractivity contribution is 1.06. The number of nitrogens with zero attached hydrogens (tertiary/aromatic N) is 4. The number of nitrogens with one attached hydrogen (secondary N) is 1. The highest BCUT2D eigenvalue weighted by molar-refractivity contribution is 5.46. The zero-order chi connectivity index (χ0) is 11.2. The molecule has 0 spiro atoms. The van der Waals surface area contributed by atoms with Crippen LogP contribution in [0, 0.1) is 11.3 Å². The van der Waals surface area contributed by atoms with Crippen molar-refractivity contribution in [1.29, 1.82) is 5.26 Å². The average molecular weight is 211 g/mol. The van der Waals surface area contributed by atoms with Crippen LogP contribution in [-0.4, -0.2) is 15.0 Å². The van der Waals surface area contributed by atoms with Crippen molar-refractivity contribution in [2.75, 3.05) is 5.32 Å². The Morgan fingerprint density at radius 2 is 1.88 bits per heavy atom. The van der Waals surface area contributed by atoms with Crippen LogP contribution in [0.25, 0.3) is 0 Å². The fraction of sp³-hybridized carbons (Fsp3) is 0.0909. The summed E-state index contributed by atoms with van der Waals surface area (Å²) in [5, 5.41) is 11.9. The predicted octanol–water partition coefficient (Wildman–Crippen LogP) is 1.36. The Morgan fingerprint density at radius 3 is 2.62 bits per heavy atom. The molecule has 0 radical (unpaired) electrons. The van der Waals surface area contributed by atoms with Gasteiger partial charge in [0.2, 0.25) is 0 Å². The molecule has 0 bridgehead atoms. The van der Waals surface area contributed by atoms with Crippen LogP contribution in [0.1, 0.15) is 11.3 Å². The number of hydrogen-bond acceptors (Lipinski definition) is 5. The Balaban J connectivity index is 2.09. The van der Waals surface area contributed by atoms with E-state index in [4.69, 9.17) is 5.26 Å². The molecule has 5 heteroatoms. The Morgan fingerprint density at radius 1 is 1.12 bits per heavy atom. The van der Waals surface area contributed by atoms with E-state index < -0.39 is 0 Å². The second kappa shape index (κ2) is 4.84. The van der Waals surface area contributed by atoms with E-state index in [9.17, 15) is 0 Å². The number of pyridine rings is 1.